The zero-order chi connectivity index (χ0) is 12.0. The molecule has 1 fully saturated rings. The van der Waals surface area contributed by atoms with E-state index in [2.05, 4.69) is 18.3 Å². The van der Waals surface area contributed by atoms with Gasteiger partial charge in [0.15, 0.2) is 0 Å². The van der Waals surface area contributed by atoms with E-state index < -0.39 is 0 Å². The van der Waals surface area contributed by atoms with Crippen molar-refractivity contribution in [3.63, 3.8) is 0 Å². The average molecular weight is 221 g/mol. The smallest absolute Gasteiger partial charge is 0.115 e. The molecular weight excluding hydrogens is 198 g/mol. The number of phenolic OH excluding ortho intramolecular Hbond substituents is 1. The summed E-state index contributed by atoms with van der Waals surface area (Å²) in [5, 5.41) is 12.8. The molecule has 2 heteroatoms. The van der Waals surface area contributed by atoms with Crippen molar-refractivity contribution in [1.82, 2.24) is 5.32 Å². The Balaban J connectivity index is 0.000000606. The predicted molar refractivity (Wildman–Crippen MR) is 68.9 cm³/mol. The van der Waals surface area contributed by atoms with Crippen molar-refractivity contribution in [3.8, 4) is 5.75 Å². The third kappa shape index (κ3) is 2.99. The first kappa shape index (κ1) is 13.0. The second-order valence-electron chi connectivity index (χ2n) is 4.39. The lowest BCUT2D eigenvalue weighted by Gasteiger charge is -2.34. The van der Waals surface area contributed by atoms with Gasteiger partial charge in [-0.3, -0.25) is 0 Å². The quantitative estimate of drug-likeness (QED) is 0.764. The summed E-state index contributed by atoms with van der Waals surface area (Å²) in [5.41, 5.74) is 1.43. The number of phenols is 1. The summed E-state index contributed by atoms with van der Waals surface area (Å²) in [4.78, 5) is 0. The fourth-order valence-electron chi connectivity index (χ4n) is 2.18. The third-order valence-corrected chi connectivity index (χ3v) is 3.14. The molecule has 2 rings (SSSR count). The molecule has 16 heavy (non-hydrogen) atoms. The molecule has 0 aromatic heterocycles. The summed E-state index contributed by atoms with van der Waals surface area (Å²) < 4.78 is 0. The van der Waals surface area contributed by atoms with Crippen LogP contribution in [0.2, 0.25) is 0 Å². The first-order valence-corrected chi connectivity index (χ1v) is 6.21. The van der Waals surface area contributed by atoms with Crippen LogP contribution >= 0.6 is 0 Å². The fraction of sp³-hybridized carbons (Fsp3) is 0.571. The highest BCUT2D eigenvalue weighted by molar-refractivity contribution is 5.33. The van der Waals surface area contributed by atoms with Crippen LogP contribution in [-0.4, -0.2) is 18.2 Å². The lowest BCUT2D eigenvalue weighted by Crippen LogP contribution is -2.40. The van der Waals surface area contributed by atoms with E-state index in [-0.39, 0.29) is 5.41 Å². The average Bonchev–Trinajstić information content (AvgIpc) is 2.33. The van der Waals surface area contributed by atoms with Crippen molar-refractivity contribution in [2.75, 3.05) is 13.1 Å². The van der Waals surface area contributed by atoms with E-state index in [4.69, 9.17) is 0 Å². The Hall–Kier alpha value is -1.02. The molecule has 0 amide bonds. The van der Waals surface area contributed by atoms with Crippen LogP contribution in [0.1, 0.15) is 39.2 Å². The third-order valence-electron chi connectivity index (χ3n) is 3.14. The number of aromatic hydroxyl groups is 1. The van der Waals surface area contributed by atoms with Crippen LogP contribution in [0.3, 0.4) is 0 Å². The molecule has 1 saturated heterocycles. The Morgan fingerprint density at radius 1 is 1.31 bits per heavy atom. The molecule has 1 aliphatic heterocycles. The summed E-state index contributed by atoms with van der Waals surface area (Å²) in [6.45, 7) is 8.39. The van der Waals surface area contributed by atoms with E-state index in [9.17, 15) is 5.11 Å². The Morgan fingerprint density at radius 3 is 2.62 bits per heavy atom. The second-order valence-corrected chi connectivity index (χ2v) is 4.39. The van der Waals surface area contributed by atoms with Crippen LogP contribution in [0.25, 0.3) is 0 Å². The maximum atomic E-state index is 9.44. The molecule has 1 aromatic carbocycles. The summed E-state index contributed by atoms with van der Waals surface area (Å²) in [6.07, 6.45) is 2.41. The molecule has 0 saturated carbocycles. The van der Waals surface area contributed by atoms with E-state index in [0.717, 1.165) is 13.1 Å². The Bertz CT molecular complexity index is 316. The fourth-order valence-corrected chi connectivity index (χ4v) is 2.18. The molecule has 0 aliphatic carbocycles. The minimum atomic E-state index is 0.191. The molecule has 0 bridgehead atoms. The van der Waals surface area contributed by atoms with Gasteiger partial charge in [-0.15, -0.1) is 0 Å². The van der Waals surface area contributed by atoms with Gasteiger partial charge in [-0.25, -0.2) is 0 Å². The minimum Gasteiger partial charge on any atom is -0.508 e. The Morgan fingerprint density at radius 2 is 2.06 bits per heavy atom. The topological polar surface area (TPSA) is 32.3 Å². The number of rotatable bonds is 1. The first-order chi connectivity index (χ1) is 7.71. The first-order valence-electron chi connectivity index (χ1n) is 6.21. The number of nitrogens with one attached hydrogen (secondary N) is 1. The molecule has 1 atom stereocenters. The van der Waals surface area contributed by atoms with Gasteiger partial charge in [0.25, 0.3) is 0 Å². The molecule has 1 unspecified atom stereocenters. The van der Waals surface area contributed by atoms with Crippen molar-refractivity contribution in [1.29, 1.82) is 0 Å². The van der Waals surface area contributed by atoms with Gasteiger partial charge in [0.2, 0.25) is 0 Å². The molecule has 1 aliphatic rings. The van der Waals surface area contributed by atoms with Crippen LogP contribution in [0.5, 0.6) is 5.75 Å². The highest BCUT2D eigenvalue weighted by atomic mass is 16.3. The SMILES string of the molecule is CC.CC1(c2cccc(O)c2)CCCNC1. The normalized spacial score (nSPS) is 24.4. The van der Waals surface area contributed by atoms with E-state index >= 15 is 0 Å². The van der Waals surface area contributed by atoms with Gasteiger partial charge in [-0.2, -0.15) is 0 Å². The van der Waals surface area contributed by atoms with E-state index in [0.29, 0.717) is 5.75 Å². The highest BCUT2D eigenvalue weighted by Crippen LogP contribution is 2.31. The number of piperidine rings is 1. The molecular formula is C14H23NO. The number of hydrogen-bond acceptors (Lipinski definition) is 2. The van der Waals surface area contributed by atoms with Gasteiger partial charge >= 0.3 is 0 Å². The van der Waals surface area contributed by atoms with Crippen molar-refractivity contribution >= 4 is 0 Å². The molecule has 0 radical (unpaired) electrons. The van der Waals surface area contributed by atoms with Gasteiger partial charge in [0.1, 0.15) is 5.75 Å². The molecule has 2 N–H and O–H groups in total. The van der Waals surface area contributed by atoms with E-state index in [1.54, 1.807) is 6.07 Å². The van der Waals surface area contributed by atoms with Gasteiger partial charge in [-0.05, 0) is 37.1 Å². The standard InChI is InChI=1S/C12H17NO.C2H6/c1-12(6-3-7-13-9-12)10-4-2-5-11(14)8-10;1-2/h2,4-5,8,13-14H,3,6-7,9H2,1H3;1-2H3. The van der Waals surface area contributed by atoms with Crippen molar-refractivity contribution in [2.24, 2.45) is 0 Å². The van der Waals surface area contributed by atoms with Crippen LogP contribution < -0.4 is 5.32 Å². The largest absolute Gasteiger partial charge is 0.508 e. The van der Waals surface area contributed by atoms with Crippen LogP contribution in [-0.2, 0) is 5.41 Å². The zero-order valence-corrected chi connectivity index (χ0v) is 10.6. The summed E-state index contributed by atoms with van der Waals surface area (Å²) in [7, 11) is 0. The number of benzene rings is 1. The van der Waals surface area contributed by atoms with Crippen molar-refractivity contribution in [3.05, 3.63) is 29.8 Å². The lowest BCUT2D eigenvalue weighted by molar-refractivity contribution is 0.338. The van der Waals surface area contributed by atoms with Crippen LogP contribution in [0, 0.1) is 0 Å². The van der Waals surface area contributed by atoms with Crippen LogP contribution in [0.4, 0.5) is 0 Å². The molecule has 1 heterocycles. The van der Waals surface area contributed by atoms with Gasteiger partial charge in [0, 0.05) is 12.0 Å². The summed E-state index contributed by atoms with van der Waals surface area (Å²) in [5.74, 6) is 0.370. The predicted octanol–water partition coefficient (Wildman–Crippen LogP) is 3.06. The molecule has 90 valence electrons. The number of hydrogen-bond donors (Lipinski definition) is 2. The van der Waals surface area contributed by atoms with E-state index in [1.165, 1.54) is 18.4 Å². The van der Waals surface area contributed by atoms with Gasteiger partial charge < -0.3 is 10.4 Å². The van der Waals surface area contributed by atoms with E-state index in [1.807, 2.05) is 26.0 Å². The zero-order valence-electron chi connectivity index (χ0n) is 10.6. The van der Waals surface area contributed by atoms with Crippen molar-refractivity contribution in [2.45, 2.75) is 39.0 Å². The molecule has 1 aromatic rings. The van der Waals surface area contributed by atoms with Gasteiger partial charge in [0.05, 0.1) is 0 Å². The molecule has 2 nitrogen and oxygen atoms in total. The lowest BCUT2D eigenvalue weighted by atomic mass is 9.76. The maximum absolute atomic E-state index is 9.44. The van der Waals surface area contributed by atoms with Crippen LogP contribution in [0.15, 0.2) is 24.3 Å². The Labute approximate surface area is 98.7 Å². The van der Waals surface area contributed by atoms with Crippen molar-refractivity contribution < 1.29 is 5.11 Å². The Kier molecular flexibility index (Phi) is 4.81. The monoisotopic (exact) mass is 221 g/mol. The van der Waals surface area contributed by atoms with Gasteiger partial charge in [-0.1, -0.05) is 32.9 Å². The maximum Gasteiger partial charge on any atom is 0.115 e. The molecule has 0 spiro atoms. The minimum absolute atomic E-state index is 0.191. The highest BCUT2D eigenvalue weighted by Gasteiger charge is 2.28. The second kappa shape index (κ2) is 5.90. The summed E-state index contributed by atoms with van der Waals surface area (Å²) >= 11 is 0. The summed E-state index contributed by atoms with van der Waals surface area (Å²) in [6, 6.07) is 7.63.